The average molecular weight is 270 g/mol. The number of hydrogen-bond acceptors (Lipinski definition) is 5. The Kier molecular flexibility index (Phi) is 3.31. The smallest absolute Gasteiger partial charge is 0.228 e. The molecule has 0 radical (unpaired) electrons. The third-order valence-corrected chi connectivity index (χ3v) is 3.65. The molecule has 98 valence electrons. The number of carbonyl (C=O) groups excluding carboxylic acids is 1. The predicted octanol–water partition coefficient (Wildman–Crippen LogP) is -0.574. The highest BCUT2D eigenvalue weighted by Gasteiger charge is 2.33. The van der Waals surface area contributed by atoms with Crippen LogP contribution in [0.3, 0.4) is 0 Å². The van der Waals surface area contributed by atoms with Gasteiger partial charge in [-0.1, -0.05) is 0 Å². The zero-order valence-corrected chi connectivity index (χ0v) is 10.7. The number of sulfonamides is 1. The largest absolute Gasteiger partial charge is 0.295 e. The molecule has 2 heterocycles. The van der Waals surface area contributed by atoms with Crippen LogP contribution in [0, 0.1) is 12.8 Å². The summed E-state index contributed by atoms with van der Waals surface area (Å²) in [5.41, 5.74) is 0.756. The van der Waals surface area contributed by atoms with Crippen LogP contribution in [0.15, 0.2) is 12.4 Å². The second-order valence-electron chi connectivity index (χ2n) is 4.42. The molecule has 0 aromatic carbocycles. The quantitative estimate of drug-likeness (QED) is 0.791. The van der Waals surface area contributed by atoms with E-state index in [-0.39, 0.29) is 24.0 Å². The van der Waals surface area contributed by atoms with E-state index in [0.717, 1.165) is 5.69 Å². The number of primary sulfonamides is 1. The highest BCUT2D eigenvalue weighted by Crippen LogP contribution is 2.23. The Labute approximate surface area is 105 Å². The van der Waals surface area contributed by atoms with Crippen LogP contribution >= 0.6 is 0 Å². The maximum Gasteiger partial charge on any atom is 0.228 e. The second kappa shape index (κ2) is 4.62. The summed E-state index contributed by atoms with van der Waals surface area (Å²) in [5.74, 6) is -0.172. The zero-order chi connectivity index (χ0) is 13.3. The third-order valence-electron chi connectivity index (χ3n) is 2.72. The van der Waals surface area contributed by atoms with Crippen LogP contribution in [0.2, 0.25) is 0 Å². The number of aryl methyl sites for hydroxylation is 1. The van der Waals surface area contributed by atoms with Crippen molar-refractivity contribution in [2.75, 3.05) is 17.2 Å². The van der Waals surface area contributed by atoms with Crippen molar-refractivity contribution < 1.29 is 13.2 Å². The highest BCUT2D eigenvalue weighted by molar-refractivity contribution is 7.89. The number of anilines is 1. The van der Waals surface area contributed by atoms with Crippen molar-refractivity contribution in [2.45, 2.75) is 13.3 Å². The van der Waals surface area contributed by atoms with Crippen LogP contribution in [0.4, 0.5) is 5.82 Å². The lowest BCUT2D eigenvalue weighted by atomic mass is 10.1. The van der Waals surface area contributed by atoms with Crippen molar-refractivity contribution in [1.82, 2.24) is 9.97 Å². The summed E-state index contributed by atoms with van der Waals surface area (Å²) in [7, 11) is -3.56. The summed E-state index contributed by atoms with van der Waals surface area (Å²) in [6, 6.07) is 0. The van der Waals surface area contributed by atoms with E-state index in [1.807, 2.05) is 0 Å². The van der Waals surface area contributed by atoms with Gasteiger partial charge >= 0.3 is 0 Å². The van der Waals surface area contributed by atoms with Crippen molar-refractivity contribution in [3.8, 4) is 0 Å². The Morgan fingerprint density at radius 3 is 2.72 bits per heavy atom. The van der Waals surface area contributed by atoms with Gasteiger partial charge in [0.2, 0.25) is 15.9 Å². The lowest BCUT2D eigenvalue weighted by Gasteiger charge is -2.14. The summed E-state index contributed by atoms with van der Waals surface area (Å²) in [6.45, 7) is 2.11. The van der Waals surface area contributed by atoms with Gasteiger partial charge in [-0.05, 0) is 6.92 Å². The molecule has 1 aromatic rings. The zero-order valence-electron chi connectivity index (χ0n) is 9.91. The topological polar surface area (TPSA) is 106 Å². The minimum absolute atomic E-state index is 0.151. The van der Waals surface area contributed by atoms with E-state index in [2.05, 4.69) is 9.97 Å². The van der Waals surface area contributed by atoms with Crippen LogP contribution in [-0.2, 0) is 14.8 Å². The van der Waals surface area contributed by atoms with Gasteiger partial charge in [0.25, 0.3) is 0 Å². The molecule has 1 saturated heterocycles. The Morgan fingerprint density at radius 1 is 1.44 bits per heavy atom. The van der Waals surface area contributed by atoms with Gasteiger partial charge in [-0.15, -0.1) is 0 Å². The summed E-state index contributed by atoms with van der Waals surface area (Å²) < 4.78 is 22.0. The Bertz CT molecular complexity index is 555. The molecule has 7 nitrogen and oxygen atoms in total. The lowest BCUT2D eigenvalue weighted by molar-refractivity contribution is -0.117. The van der Waals surface area contributed by atoms with Gasteiger partial charge in [-0.2, -0.15) is 0 Å². The molecule has 0 saturated carbocycles. The summed E-state index contributed by atoms with van der Waals surface area (Å²) in [5, 5.41) is 4.98. The number of aromatic nitrogens is 2. The van der Waals surface area contributed by atoms with Crippen LogP contribution in [-0.4, -0.2) is 36.6 Å². The fourth-order valence-corrected chi connectivity index (χ4v) is 2.85. The highest BCUT2D eigenvalue weighted by atomic mass is 32.2. The number of nitrogens with two attached hydrogens (primary N) is 1. The van der Waals surface area contributed by atoms with Crippen molar-refractivity contribution >= 4 is 21.7 Å². The van der Waals surface area contributed by atoms with E-state index in [0.29, 0.717) is 12.4 Å². The number of hydrogen-bond donors (Lipinski definition) is 1. The van der Waals surface area contributed by atoms with Crippen molar-refractivity contribution in [1.29, 1.82) is 0 Å². The van der Waals surface area contributed by atoms with Crippen molar-refractivity contribution in [2.24, 2.45) is 11.1 Å². The van der Waals surface area contributed by atoms with Crippen LogP contribution in [0.25, 0.3) is 0 Å². The Morgan fingerprint density at radius 2 is 2.17 bits per heavy atom. The van der Waals surface area contributed by atoms with Crippen LogP contribution in [0.5, 0.6) is 0 Å². The molecule has 0 bridgehead atoms. The van der Waals surface area contributed by atoms with Gasteiger partial charge in [0, 0.05) is 18.9 Å². The molecule has 1 unspecified atom stereocenters. The van der Waals surface area contributed by atoms with Gasteiger partial charge in [0.15, 0.2) is 5.82 Å². The summed E-state index contributed by atoms with van der Waals surface area (Å²) in [4.78, 5) is 21.4. The minimum Gasteiger partial charge on any atom is -0.295 e. The number of carbonyl (C=O) groups is 1. The molecule has 1 aliphatic heterocycles. The SMILES string of the molecule is Cc1cnc(N2CC(CS(N)(=O)=O)CC2=O)cn1. The molecule has 1 atom stereocenters. The fraction of sp³-hybridized carbons (Fsp3) is 0.500. The lowest BCUT2D eigenvalue weighted by Crippen LogP contribution is -2.28. The average Bonchev–Trinajstić information content (AvgIpc) is 2.58. The van der Waals surface area contributed by atoms with E-state index in [1.54, 1.807) is 13.1 Å². The first-order chi connectivity index (χ1) is 8.35. The first-order valence-corrected chi connectivity index (χ1v) is 7.16. The normalized spacial score (nSPS) is 20.4. The standard InChI is InChI=1S/C10H14N4O3S/c1-7-3-13-9(4-12-7)14-5-8(2-10(14)15)6-18(11,16)17/h3-4,8H,2,5-6H2,1H3,(H2,11,16,17). The van der Waals surface area contributed by atoms with Crippen molar-refractivity contribution in [3.63, 3.8) is 0 Å². The van der Waals surface area contributed by atoms with E-state index < -0.39 is 10.0 Å². The second-order valence-corrected chi connectivity index (χ2v) is 6.08. The maximum atomic E-state index is 11.8. The predicted molar refractivity (Wildman–Crippen MR) is 65.2 cm³/mol. The molecular weight excluding hydrogens is 256 g/mol. The van der Waals surface area contributed by atoms with Crippen molar-refractivity contribution in [3.05, 3.63) is 18.1 Å². The molecular formula is C10H14N4O3S. The maximum absolute atomic E-state index is 11.8. The van der Waals surface area contributed by atoms with E-state index in [9.17, 15) is 13.2 Å². The summed E-state index contributed by atoms with van der Waals surface area (Å²) in [6.07, 6.45) is 3.24. The molecule has 2 rings (SSSR count). The molecule has 8 heteroatoms. The van der Waals surface area contributed by atoms with Gasteiger partial charge in [-0.25, -0.2) is 18.5 Å². The fourth-order valence-electron chi connectivity index (χ4n) is 1.97. The molecule has 1 aliphatic rings. The van der Waals surface area contributed by atoms with E-state index in [4.69, 9.17) is 5.14 Å². The monoisotopic (exact) mass is 270 g/mol. The minimum atomic E-state index is -3.56. The third kappa shape index (κ3) is 3.02. The van der Waals surface area contributed by atoms with Crippen LogP contribution < -0.4 is 10.0 Å². The number of amides is 1. The summed E-state index contributed by atoms with van der Waals surface area (Å²) >= 11 is 0. The van der Waals surface area contributed by atoms with Gasteiger partial charge in [-0.3, -0.25) is 14.7 Å². The molecule has 2 N–H and O–H groups in total. The Balaban J connectivity index is 2.12. The molecule has 18 heavy (non-hydrogen) atoms. The van der Waals surface area contributed by atoms with Gasteiger partial charge in [0.1, 0.15) is 0 Å². The molecule has 0 aliphatic carbocycles. The first-order valence-electron chi connectivity index (χ1n) is 5.44. The number of nitrogens with zero attached hydrogens (tertiary/aromatic N) is 3. The number of rotatable bonds is 3. The first kappa shape index (κ1) is 12.9. The van der Waals surface area contributed by atoms with E-state index >= 15 is 0 Å². The van der Waals surface area contributed by atoms with Gasteiger partial charge in [0.05, 0.1) is 23.8 Å². The van der Waals surface area contributed by atoms with E-state index in [1.165, 1.54) is 11.1 Å². The molecule has 1 fully saturated rings. The molecule has 0 spiro atoms. The molecule has 1 amide bonds. The molecule has 1 aromatic heterocycles. The van der Waals surface area contributed by atoms with Crippen LogP contribution in [0.1, 0.15) is 12.1 Å². The Hall–Kier alpha value is -1.54. The van der Waals surface area contributed by atoms with Gasteiger partial charge < -0.3 is 0 Å².